The van der Waals surface area contributed by atoms with Gasteiger partial charge in [0.15, 0.2) is 0 Å². The third-order valence-electron chi connectivity index (χ3n) is 5.05. The molecule has 0 unspecified atom stereocenters. The zero-order valence-electron chi connectivity index (χ0n) is 20.3. The number of nitrogens with one attached hydrogen (secondary N) is 1. The van der Waals surface area contributed by atoms with Gasteiger partial charge in [-0.15, -0.1) is 0 Å². The number of ether oxygens (including phenoxy) is 4. The summed E-state index contributed by atoms with van der Waals surface area (Å²) in [6.07, 6.45) is -0.440. The van der Waals surface area contributed by atoms with Gasteiger partial charge in [0, 0.05) is 11.8 Å². The molecule has 8 nitrogen and oxygen atoms in total. The molecule has 0 radical (unpaired) electrons. The quantitative estimate of drug-likeness (QED) is 0.511. The molecule has 0 aliphatic rings. The molecule has 0 saturated heterocycles. The van der Waals surface area contributed by atoms with E-state index in [9.17, 15) is 9.59 Å². The molecule has 0 spiro atoms. The lowest BCUT2D eigenvalue weighted by atomic mass is 10.0. The van der Waals surface area contributed by atoms with E-state index in [0.717, 1.165) is 22.0 Å². The highest BCUT2D eigenvalue weighted by atomic mass is 16.6. The minimum atomic E-state index is -0.887. The number of hydrogen-bond acceptors (Lipinski definition) is 7. The first kappa shape index (κ1) is 24.8. The summed E-state index contributed by atoms with van der Waals surface area (Å²) in [5, 5.41) is 3.48. The highest BCUT2D eigenvalue weighted by Gasteiger charge is 2.25. The maximum Gasteiger partial charge on any atom is 0.408 e. The highest BCUT2D eigenvalue weighted by molar-refractivity contribution is 5.85. The van der Waals surface area contributed by atoms with Gasteiger partial charge in [-0.2, -0.15) is 0 Å². The minimum Gasteiger partial charge on any atom is -0.496 e. The number of methoxy groups -OCH3 is 3. The van der Waals surface area contributed by atoms with E-state index in [2.05, 4.69) is 5.32 Å². The van der Waals surface area contributed by atoms with Crippen LogP contribution in [-0.2, 0) is 20.7 Å². The second-order valence-corrected chi connectivity index (χ2v) is 8.69. The fraction of sp³-hybridized carbons (Fsp3) is 0.346. The second kappa shape index (κ2) is 10.4. The molecule has 2 aromatic carbocycles. The Bertz CT molecular complexity index is 1160. The molecule has 34 heavy (non-hydrogen) atoms. The van der Waals surface area contributed by atoms with Crippen LogP contribution < -0.4 is 14.8 Å². The zero-order chi connectivity index (χ0) is 24.9. The summed E-state index contributed by atoms with van der Waals surface area (Å²) in [4.78, 5) is 29.3. The summed E-state index contributed by atoms with van der Waals surface area (Å²) in [5.74, 6) is 0.775. The van der Waals surface area contributed by atoms with Gasteiger partial charge < -0.3 is 24.3 Å². The maximum absolute atomic E-state index is 12.3. The fourth-order valence-corrected chi connectivity index (χ4v) is 3.57. The van der Waals surface area contributed by atoms with E-state index in [1.54, 1.807) is 35.0 Å². The van der Waals surface area contributed by atoms with Gasteiger partial charge in [-0.05, 0) is 56.7 Å². The molecule has 3 rings (SSSR count). The lowest BCUT2D eigenvalue weighted by Gasteiger charge is -2.22. The third kappa shape index (κ3) is 5.95. The van der Waals surface area contributed by atoms with Gasteiger partial charge in [0.25, 0.3) is 0 Å². The van der Waals surface area contributed by atoms with E-state index in [0.29, 0.717) is 17.2 Å². The number of alkyl carbamates (subject to hydrolysis) is 1. The van der Waals surface area contributed by atoms with Crippen molar-refractivity contribution in [2.45, 2.75) is 38.8 Å². The van der Waals surface area contributed by atoms with Crippen LogP contribution in [0.1, 0.15) is 26.3 Å². The van der Waals surface area contributed by atoms with Crippen molar-refractivity contribution < 1.29 is 28.5 Å². The van der Waals surface area contributed by atoms with Crippen molar-refractivity contribution in [1.82, 2.24) is 10.3 Å². The highest BCUT2D eigenvalue weighted by Crippen LogP contribution is 2.37. The van der Waals surface area contributed by atoms with Gasteiger partial charge in [0.05, 0.1) is 38.1 Å². The van der Waals surface area contributed by atoms with Gasteiger partial charge in [-0.3, -0.25) is 0 Å². The summed E-state index contributed by atoms with van der Waals surface area (Å²) >= 11 is 0. The van der Waals surface area contributed by atoms with E-state index in [-0.39, 0.29) is 6.42 Å². The zero-order valence-corrected chi connectivity index (χ0v) is 20.3. The summed E-state index contributed by atoms with van der Waals surface area (Å²) in [6.45, 7) is 5.26. The number of esters is 1. The molecule has 1 aromatic heterocycles. The van der Waals surface area contributed by atoms with E-state index in [1.807, 2.05) is 48.5 Å². The van der Waals surface area contributed by atoms with Crippen molar-refractivity contribution in [2.24, 2.45) is 0 Å². The number of aromatic nitrogens is 1. The standard InChI is InChI=1S/C26H30N2O6/c1-26(2,3)34-25(30)28-20(24(29)33-6)15-16-10-12-18-17(14-16)11-13-19(27-18)23-21(31-4)8-7-9-22(23)32-5/h7-14,20H,15H2,1-6H3,(H,28,30)/t20-/m0/s1. The monoisotopic (exact) mass is 466 g/mol. The van der Waals surface area contributed by atoms with Gasteiger partial charge in [0.2, 0.25) is 0 Å². The summed E-state index contributed by atoms with van der Waals surface area (Å²) in [5.41, 5.74) is 2.41. The van der Waals surface area contributed by atoms with Gasteiger partial charge in [0.1, 0.15) is 23.1 Å². The molecule has 1 amide bonds. The molecule has 1 atom stereocenters. The Kier molecular flexibility index (Phi) is 7.61. The Balaban J connectivity index is 1.88. The molecule has 8 heteroatoms. The van der Waals surface area contributed by atoms with Gasteiger partial charge in [-0.25, -0.2) is 14.6 Å². The molecule has 1 N–H and O–H groups in total. The average molecular weight is 467 g/mol. The first-order valence-corrected chi connectivity index (χ1v) is 10.8. The van der Waals surface area contributed by atoms with Crippen LogP contribution in [0.4, 0.5) is 4.79 Å². The Morgan fingerprint density at radius 1 is 0.971 bits per heavy atom. The average Bonchev–Trinajstić information content (AvgIpc) is 2.80. The molecular formula is C26H30N2O6. The van der Waals surface area contributed by atoms with Gasteiger partial charge in [-0.1, -0.05) is 18.2 Å². The number of rotatable bonds is 7. The Labute approximate surface area is 199 Å². The molecule has 0 fully saturated rings. The van der Waals surface area contributed by atoms with Crippen molar-refractivity contribution in [3.05, 3.63) is 54.1 Å². The smallest absolute Gasteiger partial charge is 0.408 e. The Morgan fingerprint density at radius 2 is 1.65 bits per heavy atom. The number of nitrogens with zero attached hydrogens (tertiary/aromatic N) is 1. The predicted octanol–water partition coefficient (Wildman–Crippen LogP) is 4.53. The van der Waals surface area contributed by atoms with E-state index in [1.165, 1.54) is 7.11 Å². The van der Waals surface area contributed by atoms with E-state index in [4.69, 9.17) is 23.9 Å². The number of carbonyl (C=O) groups is 2. The predicted molar refractivity (Wildman–Crippen MR) is 129 cm³/mol. The van der Waals surface area contributed by atoms with E-state index >= 15 is 0 Å². The van der Waals surface area contributed by atoms with Crippen molar-refractivity contribution in [3.63, 3.8) is 0 Å². The molecule has 3 aromatic rings. The lowest BCUT2D eigenvalue weighted by molar-refractivity contribution is -0.143. The molecular weight excluding hydrogens is 436 g/mol. The van der Waals surface area contributed by atoms with Crippen molar-refractivity contribution in [3.8, 4) is 22.8 Å². The number of amides is 1. The topological polar surface area (TPSA) is 96.0 Å². The number of fused-ring (bicyclic) bond motifs is 1. The molecule has 0 saturated carbocycles. The Hall–Kier alpha value is -3.81. The summed E-state index contributed by atoms with van der Waals surface area (Å²) < 4.78 is 21.1. The van der Waals surface area contributed by atoms with Crippen LogP contribution in [0.15, 0.2) is 48.5 Å². The lowest BCUT2D eigenvalue weighted by Crippen LogP contribution is -2.45. The summed E-state index contributed by atoms with van der Waals surface area (Å²) in [7, 11) is 4.49. The largest absolute Gasteiger partial charge is 0.496 e. The number of hydrogen-bond donors (Lipinski definition) is 1. The first-order chi connectivity index (χ1) is 16.1. The van der Waals surface area contributed by atoms with Crippen LogP contribution in [0, 0.1) is 0 Å². The third-order valence-corrected chi connectivity index (χ3v) is 5.05. The SMILES string of the molecule is COC(=O)[C@H](Cc1ccc2nc(-c3c(OC)cccc3OC)ccc2c1)NC(=O)OC(C)(C)C. The van der Waals surface area contributed by atoms with Crippen molar-refractivity contribution >= 4 is 23.0 Å². The Morgan fingerprint density at radius 3 is 2.24 bits per heavy atom. The second-order valence-electron chi connectivity index (χ2n) is 8.69. The van der Waals surface area contributed by atoms with Crippen LogP contribution in [-0.4, -0.2) is 50.0 Å². The molecule has 0 bridgehead atoms. The van der Waals surface area contributed by atoms with Crippen LogP contribution in [0.3, 0.4) is 0 Å². The number of carbonyl (C=O) groups excluding carboxylic acids is 2. The molecule has 180 valence electrons. The maximum atomic E-state index is 12.3. The van der Waals surface area contributed by atoms with Crippen molar-refractivity contribution in [1.29, 1.82) is 0 Å². The normalized spacial score (nSPS) is 12.1. The van der Waals surface area contributed by atoms with Crippen molar-refractivity contribution in [2.75, 3.05) is 21.3 Å². The van der Waals surface area contributed by atoms with Crippen LogP contribution in [0.25, 0.3) is 22.2 Å². The van der Waals surface area contributed by atoms with Crippen LogP contribution in [0.2, 0.25) is 0 Å². The minimum absolute atomic E-state index is 0.240. The number of benzene rings is 2. The fourth-order valence-electron chi connectivity index (χ4n) is 3.57. The van der Waals surface area contributed by atoms with Crippen LogP contribution >= 0.6 is 0 Å². The molecule has 0 aliphatic heterocycles. The summed E-state index contributed by atoms with van der Waals surface area (Å²) in [6, 6.07) is 14.2. The first-order valence-electron chi connectivity index (χ1n) is 10.8. The molecule has 1 heterocycles. The van der Waals surface area contributed by atoms with E-state index < -0.39 is 23.7 Å². The van der Waals surface area contributed by atoms with Gasteiger partial charge >= 0.3 is 12.1 Å². The number of pyridine rings is 1. The van der Waals surface area contributed by atoms with Crippen LogP contribution in [0.5, 0.6) is 11.5 Å². The molecule has 0 aliphatic carbocycles.